The zero-order chi connectivity index (χ0) is 27.2. The molecule has 2 aliphatic heterocycles. The van der Waals surface area contributed by atoms with Crippen LogP contribution in [-0.2, 0) is 56.7 Å². The maximum Gasteiger partial charge on any atom is 0.397 e. The summed E-state index contributed by atoms with van der Waals surface area (Å²) in [5.41, 5.74) is 0. The van der Waals surface area contributed by atoms with E-state index in [1.165, 1.54) is 0 Å². The van der Waals surface area contributed by atoms with E-state index in [9.17, 15) is 38.4 Å². The molecule has 4 unspecified atom stereocenters. The minimum Gasteiger partial charge on any atom is -0.479 e. The number of aliphatic hydroxyl groups excluding tert-OH is 3. The van der Waals surface area contributed by atoms with Crippen LogP contribution in [-0.4, -0.2) is 126 Å². The molecule has 0 radical (unpaired) electrons. The van der Waals surface area contributed by atoms with E-state index >= 15 is 0 Å². The summed E-state index contributed by atoms with van der Waals surface area (Å²) >= 11 is -0.0405. The van der Waals surface area contributed by atoms with Crippen LogP contribution in [0.15, 0.2) is 0 Å². The van der Waals surface area contributed by atoms with Crippen molar-refractivity contribution in [2.24, 2.45) is 0 Å². The van der Waals surface area contributed by atoms with Crippen LogP contribution in [0.25, 0.3) is 0 Å². The first-order valence-electron chi connectivity index (χ1n) is 9.76. The van der Waals surface area contributed by atoms with E-state index in [-0.39, 0.29) is 12.3 Å². The number of carbonyl (C=O) groups is 2. The molecule has 0 spiro atoms. The topological polar surface area (TPSA) is 276 Å². The molecule has 2 fully saturated rings. The lowest BCUT2D eigenvalue weighted by Gasteiger charge is -2.47. The zero-order valence-corrected chi connectivity index (χ0v) is 20.0. The van der Waals surface area contributed by atoms with Gasteiger partial charge in [0.1, 0.15) is 42.7 Å². The van der Waals surface area contributed by atoms with Crippen molar-refractivity contribution in [2.75, 3.05) is 13.7 Å². The second-order valence-corrected chi connectivity index (χ2v) is 8.88. The molecule has 0 aromatic heterocycles. The molecule has 2 rings (SSSR count). The number of carbonyl (C=O) groups excluding carboxylic acids is 1. The SMILES string of the molecule is CO[C@H]1OC(COS(=O)(=O)O)[C@@H](OSOOO)[C@H](O[C@@H]2OC(C(=O)O)[C@@H](O)[C@H](O)C2O)C1NC(C)=O. The zero-order valence-electron chi connectivity index (χ0n) is 18.4. The van der Waals surface area contributed by atoms with Crippen molar-refractivity contribution in [1.82, 2.24) is 5.32 Å². The number of rotatable bonds is 12. The number of carboxylic acid groups (broad SMARTS) is 1. The number of ether oxygens (including phenoxy) is 4. The summed E-state index contributed by atoms with van der Waals surface area (Å²) in [5.74, 6) is -2.38. The van der Waals surface area contributed by atoms with Crippen molar-refractivity contribution in [1.29, 1.82) is 0 Å². The van der Waals surface area contributed by atoms with Gasteiger partial charge in [0.15, 0.2) is 31.0 Å². The summed E-state index contributed by atoms with van der Waals surface area (Å²) in [5, 5.41) is 53.7. The molecule has 10 atom stereocenters. The van der Waals surface area contributed by atoms with Crippen LogP contribution in [0, 0.1) is 0 Å². The lowest BCUT2D eigenvalue weighted by atomic mass is 9.95. The minimum absolute atomic E-state index is 0.0405. The number of hydrogen-bond acceptors (Lipinski definition) is 17. The van der Waals surface area contributed by atoms with E-state index < -0.39 is 90.2 Å². The van der Waals surface area contributed by atoms with Crippen molar-refractivity contribution in [3.63, 3.8) is 0 Å². The Hall–Kier alpha value is -1.28. The molecule has 2 saturated heterocycles. The van der Waals surface area contributed by atoms with Gasteiger partial charge in [-0.2, -0.15) is 8.42 Å². The van der Waals surface area contributed by atoms with Gasteiger partial charge in [0.05, 0.1) is 6.61 Å². The highest BCUT2D eigenvalue weighted by Crippen LogP contribution is 2.33. The van der Waals surface area contributed by atoms with Gasteiger partial charge in [0, 0.05) is 14.0 Å². The van der Waals surface area contributed by atoms with Gasteiger partial charge in [0.2, 0.25) is 5.91 Å². The fraction of sp³-hybridized carbons (Fsp3) is 0.867. The van der Waals surface area contributed by atoms with E-state index in [2.05, 4.69) is 18.9 Å². The molecule has 0 saturated carbocycles. The van der Waals surface area contributed by atoms with E-state index in [0.29, 0.717) is 0 Å². The fourth-order valence-corrected chi connectivity index (χ4v) is 4.14. The van der Waals surface area contributed by atoms with Crippen LogP contribution in [0.4, 0.5) is 0 Å². The average molecular weight is 571 g/mol. The van der Waals surface area contributed by atoms with Gasteiger partial charge >= 0.3 is 16.4 Å². The van der Waals surface area contributed by atoms with Crippen LogP contribution < -0.4 is 5.32 Å². The van der Waals surface area contributed by atoms with Crippen molar-refractivity contribution >= 4 is 34.6 Å². The highest BCUT2D eigenvalue weighted by molar-refractivity contribution is 7.89. The molecule has 36 heavy (non-hydrogen) atoms. The van der Waals surface area contributed by atoms with Crippen molar-refractivity contribution in [3.8, 4) is 0 Å². The molecule has 0 aromatic rings. The monoisotopic (exact) mass is 571 g/mol. The van der Waals surface area contributed by atoms with Gasteiger partial charge in [-0.05, 0) is 0 Å². The predicted octanol–water partition coefficient (Wildman–Crippen LogP) is -3.67. The largest absolute Gasteiger partial charge is 0.479 e. The first kappa shape index (κ1) is 30.9. The average Bonchev–Trinajstić information content (AvgIpc) is 2.79. The Morgan fingerprint density at radius 3 is 2.25 bits per heavy atom. The summed E-state index contributed by atoms with van der Waals surface area (Å²) in [4.78, 5) is 23.3. The van der Waals surface area contributed by atoms with E-state index in [4.69, 9.17) is 32.9 Å². The van der Waals surface area contributed by atoms with E-state index in [0.717, 1.165) is 14.0 Å². The number of nitrogens with one attached hydrogen (secondary N) is 1. The third-order valence-electron chi connectivity index (χ3n) is 4.94. The minimum atomic E-state index is -4.99. The van der Waals surface area contributed by atoms with Crippen molar-refractivity contribution in [2.45, 2.75) is 68.3 Å². The van der Waals surface area contributed by atoms with E-state index in [1.807, 2.05) is 0 Å². The summed E-state index contributed by atoms with van der Waals surface area (Å²) in [6.45, 7) is 0.154. The number of carboxylic acids is 1. The molecule has 2 aliphatic rings. The second-order valence-electron chi connectivity index (χ2n) is 7.32. The smallest absolute Gasteiger partial charge is 0.397 e. The van der Waals surface area contributed by atoms with E-state index in [1.54, 1.807) is 0 Å². The second kappa shape index (κ2) is 13.5. The molecule has 0 bridgehead atoms. The molecular weight excluding hydrogens is 546 g/mol. The Balaban J connectivity index is 2.44. The van der Waals surface area contributed by atoms with Gasteiger partial charge in [-0.3, -0.25) is 13.5 Å². The molecule has 1 amide bonds. The lowest BCUT2D eigenvalue weighted by molar-refractivity contribution is -0.435. The summed E-state index contributed by atoms with van der Waals surface area (Å²) in [6.07, 6.45) is -16.3. The Morgan fingerprint density at radius 2 is 1.72 bits per heavy atom. The third kappa shape index (κ3) is 8.11. The van der Waals surface area contributed by atoms with Crippen molar-refractivity contribution in [3.05, 3.63) is 0 Å². The first-order chi connectivity index (χ1) is 16.8. The number of amides is 1. The Bertz CT molecular complexity index is 844. The van der Waals surface area contributed by atoms with Crippen LogP contribution >= 0.6 is 12.3 Å². The number of methoxy groups -OCH3 is 1. The van der Waals surface area contributed by atoms with Crippen LogP contribution in [0.5, 0.6) is 0 Å². The summed E-state index contributed by atoms with van der Waals surface area (Å²) in [6, 6.07) is -1.35. The predicted molar refractivity (Wildman–Crippen MR) is 107 cm³/mol. The molecule has 7 N–H and O–H groups in total. The first-order valence-corrected chi connectivity index (χ1v) is 11.8. The van der Waals surface area contributed by atoms with Gasteiger partial charge in [-0.15, -0.1) is 4.33 Å². The number of aliphatic hydroxyl groups is 3. The normalized spacial score (nSPS) is 37.4. The molecule has 0 aliphatic carbocycles. The molecule has 0 aromatic carbocycles. The Kier molecular flexibility index (Phi) is 11.6. The highest BCUT2D eigenvalue weighted by atomic mass is 32.3. The van der Waals surface area contributed by atoms with Gasteiger partial charge in [-0.25, -0.2) is 14.2 Å². The standard InChI is InChI=1S/C15H25NO18S2/c1-4(17)16-6-11(30-15-9(20)7(18)8(19)12(31-15)13(21)22)10(32-35-34-33-23)5(29-14(6)27-2)3-28-36(24,25)26/h5-12,14-15,18-20,23H,3H2,1-2H3,(H,16,17)(H,21,22)(H,24,25,26)/t5?,6?,7-,8-,9?,10+,11+,12?,14-,15+/m0/s1. The number of hydrogen-bond donors (Lipinski definition) is 7. The highest BCUT2D eigenvalue weighted by Gasteiger charge is 2.54. The fourth-order valence-electron chi connectivity index (χ4n) is 3.45. The van der Waals surface area contributed by atoms with Crippen LogP contribution in [0.2, 0.25) is 0 Å². The molecular formula is C15H25NO18S2. The van der Waals surface area contributed by atoms with Crippen molar-refractivity contribution < 1.29 is 84.9 Å². The van der Waals surface area contributed by atoms with Gasteiger partial charge in [-0.1, -0.05) is 5.04 Å². The Morgan fingerprint density at radius 1 is 1.06 bits per heavy atom. The third-order valence-corrected chi connectivity index (χ3v) is 5.79. The maximum absolute atomic E-state index is 11.8. The van der Waals surface area contributed by atoms with Gasteiger partial charge < -0.3 is 44.7 Å². The summed E-state index contributed by atoms with van der Waals surface area (Å²) in [7, 11) is -3.87. The lowest BCUT2D eigenvalue weighted by Crippen LogP contribution is -2.68. The Labute approximate surface area is 207 Å². The van der Waals surface area contributed by atoms with Gasteiger partial charge in [0.25, 0.3) is 0 Å². The molecule has 21 heteroatoms. The molecule has 2 heterocycles. The molecule has 19 nitrogen and oxygen atoms in total. The quantitative estimate of drug-likeness (QED) is 0.0390. The van der Waals surface area contributed by atoms with Crippen LogP contribution in [0.3, 0.4) is 0 Å². The van der Waals surface area contributed by atoms with Crippen LogP contribution in [0.1, 0.15) is 6.92 Å². The summed E-state index contributed by atoms with van der Waals surface area (Å²) < 4.78 is 66.2. The molecule has 210 valence electrons. The maximum atomic E-state index is 11.8. The number of aliphatic carboxylic acids is 1.